The summed E-state index contributed by atoms with van der Waals surface area (Å²) in [4.78, 5) is 26.8. The number of aromatic nitrogens is 2. The molecule has 22 heavy (non-hydrogen) atoms. The van der Waals surface area contributed by atoms with Gasteiger partial charge in [-0.05, 0) is 18.9 Å². The van der Waals surface area contributed by atoms with Crippen LogP contribution in [0.5, 0.6) is 0 Å². The lowest BCUT2D eigenvalue weighted by Crippen LogP contribution is -2.37. The van der Waals surface area contributed by atoms with Crippen LogP contribution in [0.25, 0.3) is 0 Å². The van der Waals surface area contributed by atoms with E-state index in [1.165, 1.54) is 0 Å². The van der Waals surface area contributed by atoms with Crippen LogP contribution in [-0.2, 0) is 7.05 Å². The summed E-state index contributed by atoms with van der Waals surface area (Å²) < 4.78 is 1.58. The van der Waals surface area contributed by atoms with E-state index in [0.29, 0.717) is 24.2 Å². The number of hydrogen-bond donors (Lipinski definition) is 0. The molecule has 1 saturated heterocycles. The molecule has 2 aromatic rings. The number of ketones is 1. The normalized spacial score (nSPS) is 17.7. The van der Waals surface area contributed by atoms with Crippen LogP contribution in [0.2, 0.25) is 0 Å². The fourth-order valence-corrected chi connectivity index (χ4v) is 3.00. The molecule has 0 spiro atoms. The van der Waals surface area contributed by atoms with E-state index >= 15 is 0 Å². The van der Waals surface area contributed by atoms with Crippen LogP contribution in [0.1, 0.15) is 40.1 Å². The van der Waals surface area contributed by atoms with Crippen molar-refractivity contribution in [3.63, 3.8) is 0 Å². The van der Waals surface area contributed by atoms with Gasteiger partial charge in [0.15, 0.2) is 5.78 Å². The molecule has 5 heteroatoms. The fraction of sp³-hybridized carbons (Fsp3) is 0.353. The minimum atomic E-state index is -0.0386. The molecule has 3 rings (SSSR count). The van der Waals surface area contributed by atoms with Crippen molar-refractivity contribution in [1.29, 1.82) is 0 Å². The second-order valence-electron chi connectivity index (χ2n) is 5.63. The molecular formula is C17H19N3O2. The Morgan fingerprint density at radius 3 is 2.68 bits per heavy atom. The summed E-state index contributed by atoms with van der Waals surface area (Å²) in [5.41, 5.74) is 1.28. The third-order valence-corrected chi connectivity index (χ3v) is 4.19. The molecule has 0 aliphatic carbocycles. The molecule has 1 atom stereocenters. The summed E-state index contributed by atoms with van der Waals surface area (Å²) in [5, 5.41) is 4.04. The molecule has 1 unspecified atom stereocenters. The van der Waals surface area contributed by atoms with Crippen molar-refractivity contribution in [3.05, 3.63) is 53.9 Å². The van der Waals surface area contributed by atoms with Crippen LogP contribution in [-0.4, -0.2) is 39.0 Å². The molecule has 0 N–H and O–H groups in total. The van der Waals surface area contributed by atoms with Crippen LogP contribution < -0.4 is 0 Å². The van der Waals surface area contributed by atoms with Gasteiger partial charge in [-0.15, -0.1) is 0 Å². The first-order valence-corrected chi connectivity index (χ1v) is 7.54. The van der Waals surface area contributed by atoms with Gasteiger partial charge in [0.1, 0.15) is 5.69 Å². The highest BCUT2D eigenvalue weighted by atomic mass is 16.2. The SMILES string of the molecule is Cn1nccc1C(=O)N1CCCC1CC(=O)c1ccccc1. The van der Waals surface area contributed by atoms with Crippen LogP contribution in [0.15, 0.2) is 42.6 Å². The predicted molar refractivity (Wildman–Crippen MR) is 82.7 cm³/mol. The molecule has 1 aliphatic heterocycles. The Hall–Kier alpha value is -2.43. The Kier molecular flexibility index (Phi) is 4.04. The number of carbonyl (C=O) groups is 2. The van der Waals surface area contributed by atoms with Gasteiger partial charge in [0, 0.05) is 37.8 Å². The monoisotopic (exact) mass is 297 g/mol. The molecule has 1 aliphatic rings. The average molecular weight is 297 g/mol. The van der Waals surface area contributed by atoms with Crippen molar-refractivity contribution >= 4 is 11.7 Å². The van der Waals surface area contributed by atoms with Gasteiger partial charge >= 0.3 is 0 Å². The number of carbonyl (C=O) groups excluding carboxylic acids is 2. The Bertz CT molecular complexity index is 678. The van der Waals surface area contributed by atoms with Gasteiger partial charge in [-0.2, -0.15) is 5.10 Å². The van der Waals surface area contributed by atoms with E-state index in [2.05, 4.69) is 5.10 Å². The van der Waals surface area contributed by atoms with E-state index in [1.807, 2.05) is 35.2 Å². The highest BCUT2D eigenvalue weighted by molar-refractivity contribution is 5.97. The summed E-state index contributed by atoms with van der Waals surface area (Å²) >= 11 is 0. The number of hydrogen-bond acceptors (Lipinski definition) is 3. The smallest absolute Gasteiger partial charge is 0.272 e. The molecule has 0 bridgehead atoms. The first-order chi connectivity index (χ1) is 10.7. The number of benzene rings is 1. The number of nitrogens with zero attached hydrogens (tertiary/aromatic N) is 3. The maximum atomic E-state index is 12.6. The van der Waals surface area contributed by atoms with Crippen LogP contribution in [0.4, 0.5) is 0 Å². The lowest BCUT2D eigenvalue weighted by molar-refractivity contribution is 0.0707. The standard InChI is InChI=1S/C17H19N3O2/c1-19-15(9-10-18-19)17(22)20-11-5-8-14(20)12-16(21)13-6-3-2-4-7-13/h2-4,6-7,9-10,14H,5,8,11-12H2,1H3. The molecule has 114 valence electrons. The van der Waals surface area contributed by atoms with Gasteiger partial charge in [0.25, 0.3) is 5.91 Å². The summed E-state index contributed by atoms with van der Waals surface area (Å²) in [7, 11) is 1.76. The zero-order valence-electron chi connectivity index (χ0n) is 12.6. The molecule has 1 fully saturated rings. The van der Waals surface area contributed by atoms with Gasteiger partial charge in [-0.1, -0.05) is 30.3 Å². The fourth-order valence-electron chi connectivity index (χ4n) is 3.00. The second-order valence-corrected chi connectivity index (χ2v) is 5.63. The Labute approximate surface area is 129 Å². The highest BCUT2D eigenvalue weighted by Gasteiger charge is 2.32. The Balaban J connectivity index is 1.72. The highest BCUT2D eigenvalue weighted by Crippen LogP contribution is 2.23. The van der Waals surface area contributed by atoms with Crippen LogP contribution >= 0.6 is 0 Å². The maximum Gasteiger partial charge on any atom is 0.272 e. The molecule has 0 radical (unpaired) electrons. The average Bonchev–Trinajstić information content (AvgIpc) is 3.16. The van der Waals surface area contributed by atoms with Crippen molar-refractivity contribution in [2.75, 3.05) is 6.54 Å². The Morgan fingerprint density at radius 2 is 2.00 bits per heavy atom. The Morgan fingerprint density at radius 1 is 1.23 bits per heavy atom. The lowest BCUT2D eigenvalue weighted by Gasteiger charge is -2.24. The number of aryl methyl sites for hydroxylation is 1. The maximum absolute atomic E-state index is 12.6. The largest absolute Gasteiger partial charge is 0.334 e. The zero-order chi connectivity index (χ0) is 15.5. The van der Waals surface area contributed by atoms with Crippen molar-refractivity contribution in [1.82, 2.24) is 14.7 Å². The van der Waals surface area contributed by atoms with E-state index in [4.69, 9.17) is 0 Å². The van der Waals surface area contributed by atoms with Crippen molar-refractivity contribution < 1.29 is 9.59 Å². The van der Waals surface area contributed by atoms with Gasteiger partial charge in [0.05, 0.1) is 0 Å². The molecule has 2 heterocycles. The summed E-state index contributed by atoms with van der Waals surface area (Å²) in [5.74, 6) is 0.0543. The molecule has 1 aromatic carbocycles. The van der Waals surface area contributed by atoms with Crippen molar-refractivity contribution in [2.24, 2.45) is 7.05 Å². The van der Waals surface area contributed by atoms with Crippen LogP contribution in [0.3, 0.4) is 0 Å². The van der Waals surface area contributed by atoms with Gasteiger partial charge < -0.3 is 4.90 Å². The summed E-state index contributed by atoms with van der Waals surface area (Å²) in [6, 6.07) is 11.0. The van der Waals surface area contributed by atoms with E-state index < -0.39 is 0 Å². The zero-order valence-corrected chi connectivity index (χ0v) is 12.6. The van der Waals surface area contributed by atoms with Crippen LogP contribution in [0, 0.1) is 0 Å². The number of Topliss-reactive ketones (excluding diaryl/α,β-unsaturated/α-hetero) is 1. The van der Waals surface area contributed by atoms with E-state index in [0.717, 1.165) is 12.8 Å². The van der Waals surface area contributed by atoms with Gasteiger partial charge in [0.2, 0.25) is 0 Å². The first-order valence-electron chi connectivity index (χ1n) is 7.54. The number of amides is 1. The number of rotatable bonds is 4. The molecule has 1 amide bonds. The van der Waals surface area contributed by atoms with Crippen molar-refractivity contribution in [3.8, 4) is 0 Å². The third kappa shape index (κ3) is 2.79. The summed E-state index contributed by atoms with van der Waals surface area (Å²) in [6.07, 6.45) is 3.82. The molecular weight excluding hydrogens is 278 g/mol. The first kappa shape index (κ1) is 14.5. The van der Waals surface area contributed by atoms with E-state index in [1.54, 1.807) is 24.0 Å². The lowest BCUT2D eigenvalue weighted by atomic mass is 10.0. The minimum absolute atomic E-state index is 0.0184. The predicted octanol–water partition coefficient (Wildman–Crippen LogP) is 2.30. The van der Waals surface area contributed by atoms with Crippen molar-refractivity contribution in [2.45, 2.75) is 25.3 Å². The van der Waals surface area contributed by atoms with Gasteiger partial charge in [-0.3, -0.25) is 14.3 Å². The molecule has 1 aromatic heterocycles. The second kappa shape index (κ2) is 6.13. The minimum Gasteiger partial charge on any atom is -0.334 e. The number of likely N-dealkylation sites (tertiary alicyclic amines) is 1. The summed E-state index contributed by atoms with van der Waals surface area (Å²) in [6.45, 7) is 0.705. The van der Waals surface area contributed by atoms with E-state index in [9.17, 15) is 9.59 Å². The quantitative estimate of drug-likeness (QED) is 0.814. The topological polar surface area (TPSA) is 55.2 Å². The van der Waals surface area contributed by atoms with Gasteiger partial charge in [-0.25, -0.2) is 0 Å². The molecule has 0 saturated carbocycles. The third-order valence-electron chi connectivity index (χ3n) is 4.19. The van der Waals surface area contributed by atoms with E-state index in [-0.39, 0.29) is 17.7 Å². The molecule has 5 nitrogen and oxygen atoms in total.